The van der Waals surface area contributed by atoms with Gasteiger partial charge >= 0.3 is 0 Å². The first kappa shape index (κ1) is 12.9. The Hall–Kier alpha value is -1.06. The lowest BCUT2D eigenvalue weighted by molar-refractivity contribution is -0.149. The van der Waals surface area contributed by atoms with Crippen molar-refractivity contribution in [1.29, 1.82) is 0 Å². The van der Waals surface area contributed by atoms with Gasteiger partial charge in [0.25, 0.3) is 0 Å². The largest absolute Gasteiger partial charge is 0.342 e. The first-order chi connectivity index (χ1) is 9.06. The normalized spacial score (nSPS) is 34.5. The van der Waals surface area contributed by atoms with Crippen LogP contribution in [0.3, 0.4) is 0 Å². The highest BCUT2D eigenvalue weighted by molar-refractivity contribution is 5.79. The lowest BCUT2D eigenvalue weighted by Crippen LogP contribution is -2.61. The molecule has 0 aromatic carbocycles. The number of amides is 2. The van der Waals surface area contributed by atoms with Gasteiger partial charge in [-0.05, 0) is 31.1 Å². The van der Waals surface area contributed by atoms with Crippen LogP contribution in [-0.4, -0.2) is 47.3 Å². The summed E-state index contributed by atoms with van der Waals surface area (Å²) in [6, 6.07) is 0.403. The Bertz CT molecular complexity index is 394. The molecular weight excluding hydrogens is 240 g/mol. The number of hydrogen-bond acceptors (Lipinski definition) is 2. The summed E-state index contributed by atoms with van der Waals surface area (Å²) in [6.07, 6.45) is 4.09. The Morgan fingerprint density at radius 3 is 2.79 bits per heavy atom. The predicted molar refractivity (Wildman–Crippen MR) is 72.4 cm³/mol. The zero-order valence-corrected chi connectivity index (χ0v) is 12.0. The molecule has 3 aliphatic rings. The molecule has 0 spiro atoms. The van der Waals surface area contributed by atoms with Gasteiger partial charge in [0.15, 0.2) is 0 Å². The topological polar surface area (TPSA) is 40.6 Å². The third-order valence-corrected chi connectivity index (χ3v) is 4.99. The van der Waals surface area contributed by atoms with Crippen molar-refractivity contribution in [2.45, 2.75) is 45.6 Å². The van der Waals surface area contributed by atoms with E-state index in [1.807, 2.05) is 13.8 Å². The molecule has 0 unspecified atom stereocenters. The fourth-order valence-electron chi connectivity index (χ4n) is 4.16. The summed E-state index contributed by atoms with van der Waals surface area (Å²) in [6.45, 7) is 6.54. The molecule has 19 heavy (non-hydrogen) atoms. The van der Waals surface area contributed by atoms with E-state index in [1.165, 1.54) is 6.42 Å². The summed E-state index contributed by atoms with van der Waals surface area (Å²) in [5, 5.41) is 0. The summed E-state index contributed by atoms with van der Waals surface area (Å²) in [4.78, 5) is 28.4. The fraction of sp³-hybridized carbons (Fsp3) is 0.867. The first-order valence-electron chi connectivity index (χ1n) is 7.64. The number of rotatable bonds is 1. The van der Waals surface area contributed by atoms with Crippen molar-refractivity contribution >= 4 is 11.8 Å². The number of carbonyl (C=O) groups excluding carboxylic acids is 2. The smallest absolute Gasteiger partial charge is 0.225 e. The van der Waals surface area contributed by atoms with E-state index in [2.05, 4.69) is 9.80 Å². The second-order valence-corrected chi connectivity index (χ2v) is 6.77. The van der Waals surface area contributed by atoms with Gasteiger partial charge in [-0.25, -0.2) is 0 Å². The molecule has 2 amide bonds. The molecule has 3 aliphatic heterocycles. The van der Waals surface area contributed by atoms with Crippen LogP contribution in [0.1, 0.15) is 39.5 Å². The number of fused-ring (bicyclic) bond motifs is 4. The molecule has 3 rings (SSSR count). The second kappa shape index (κ2) is 4.80. The van der Waals surface area contributed by atoms with Crippen LogP contribution in [0.4, 0.5) is 0 Å². The van der Waals surface area contributed by atoms with Gasteiger partial charge in [0.1, 0.15) is 0 Å². The molecule has 2 bridgehead atoms. The third kappa shape index (κ3) is 2.26. The number of piperidine rings is 3. The zero-order valence-electron chi connectivity index (χ0n) is 12.0. The average molecular weight is 264 g/mol. The molecule has 3 fully saturated rings. The van der Waals surface area contributed by atoms with E-state index in [4.69, 9.17) is 0 Å². The Morgan fingerprint density at radius 1 is 1.26 bits per heavy atom. The minimum absolute atomic E-state index is 0.0860. The minimum atomic E-state index is 0.0860. The maximum Gasteiger partial charge on any atom is 0.225 e. The molecule has 0 aromatic heterocycles. The molecule has 3 saturated heterocycles. The molecule has 4 heteroatoms. The number of likely N-dealkylation sites (tertiary alicyclic amines) is 1. The Morgan fingerprint density at radius 2 is 2.05 bits per heavy atom. The van der Waals surface area contributed by atoms with Gasteiger partial charge in [-0.1, -0.05) is 13.8 Å². The van der Waals surface area contributed by atoms with E-state index in [-0.39, 0.29) is 11.8 Å². The quantitative estimate of drug-likeness (QED) is 0.720. The standard InChI is InChI=1S/C15H24N2O2/c1-10(2)15(19)16-7-11-6-12(9-16)13-4-3-5-14(18)17(13)8-11/h10-13H,3-9H2,1-2H3/t11-,12+,13+/m1/s1. The number of carbonyl (C=O) groups is 2. The Labute approximate surface area is 115 Å². The van der Waals surface area contributed by atoms with Crippen molar-refractivity contribution in [2.24, 2.45) is 17.8 Å². The van der Waals surface area contributed by atoms with Crippen molar-refractivity contribution in [3.63, 3.8) is 0 Å². The molecule has 3 atom stereocenters. The average Bonchev–Trinajstić information content (AvgIpc) is 2.39. The lowest BCUT2D eigenvalue weighted by Gasteiger charge is -2.52. The van der Waals surface area contributed by atoms with Crippen LogP contribution in [0.5, 0.6) is 0 Å². The van der Waals surface area contributed by atoms with E-state index in [0.29, 0.717) is 23.8 Å². The van der Waals surface area contributed by atoms with Crippen LogP contribution in [0, 0.1) is 17.8 Å². The molecule has 0 N–H and O–H groups in total. The summed E-state index contributed by atoms with van der Waals surface area (Å²) >= 11 is 0. The first-order valence-corrected chi connectivity index (χ1v) is 7.64. The Kier molecular flexibility index (Phi) is 3.27. The van der Waals surface area contributed by atoms with Crippen molar-refractivity contribution in [3.05, 3.63) is 0 Å². The number of nitrogens with zero attached hydrogens (tertiary/aromatic N) is 2. The highest BCUT2D eigenvalue weighted by Gasteiger charge is 2.44. The van der Waals surface area contributed by atoms with Gasteiger partial charge in [-0.15, -0.1) is 0 Å². The summed E-state index contributed by atoms with van der Waals surface area (Å²) in [5.41, 5.74) is 0. The van der Waals surface area contributed by atoms with Gasteiger partial charge in [0, 0.05) is 38.0 Å². The van der Waals surface area contributed by atoms with Crippen LogP contribution < -0.4 is 0 Å². The van der Waals surface area contributed by atoms with Gasteiger partial charge in [0.2, 0.25) is 11.8 Å². The van der Waals surface area contributed by atoms with Crippen molar-refractivity contribution < 1.29 is 9.59 Å². The predicted octanol–water partition coefficient (Wildman–Crippen LogP) is 1.50. The van der Waals surface area contributed by atoms with Crippen LogP contribution in [-0.2, 0) is 9.59 Å². The van der Waals surface area contributed by atoms with Crippen LogP contribution >= 0.6 is 0 Å². The van der Waals surface area contributed by atoms with Crippen molar-refractivity contribution in [2.75, 3.05) is 19.6 Å². The molecule has 4 nitrogen and oxygen atoms in total. The molecule has 0 saturated carbocycles. The molecule has 0 radical (unpaired) electrons. The SMILES string of the molecule is CC(C)C(=O)N1C[C@H]2C[C@@H](C1)[C@@H]1CCCC(=O)N1C2. The molecular formula is C15H24N2O2. The van der Waals surface area contributed by atoms with Gasteiger partial charge < -0.3 is 9.80 Å². The monoisotopic (exact) mass is 264 g/mol. The van der Waals surface area contributed by atoms with Gasteiger partial charge in [-0.3, -0.25) is 9.59 Å². The van der Waals surface area contributed by atoms with Crippen LogP contribution in [0.2, 0.25) is 0 Å². The fourth-order valence-corrected chi connectivity index (χ4v) is 4.16. The van der Waals surface area contributed by atoms with E-state index in [9.17, 15) is 9.59 Å². The van der Waals surface area contributed by atoms with E-state index in [0.717, 1.165) is 38.9 Å². The van der Waals surface area contributed by atoms with Crippen LogP contribution in [0.25, 0.3) is 0 Å². The van der Waals surface area contributed by atoms with E-state index >= 15 is 0 Å². The highest BCUT2D eigenvalue weighted by atomic mass is 16.2. The summed E-state index contributed by atoms with van der Waals surface area (Å²) in [5.74, 6) is 1.72. The Balaban J connectivity index is 1.75. The second-order valence-electron chi connectivity index (χ2n) is 6.77. The summed E-state index contributed by atoms with van der Waals surface area (Å²) in [7, 11) is 0. The molecule has 0 aromatic rings. The maximum atomic E-state index is 12.2. The molecule has 3 heterocycles. The van der Waals surface area contributed by atoms with E-state index in [1.54, 1.807) is 0 Å². The minimum Gasteiger partial charge on any atom is -0.342 e. The number of hydrogen-bond donors (Lipinski definition) is 0. The van der Waals surface area contributed by atoms with Crippen LogP contribution in [0.15, 0.2) is 0 Å². The highest BCUT2D eigenvalue weighted by Crippen LogP contribution is 2.38. The van der Waals surface area contributed by atoms with Gasteiger partial charge in [-0.2, -0.15) is 0 Å². The summed E-state index contributed by atoms with van der Waals surface area (Å²) < 4.78 is 0. The van der Waals surface area contributed by atoms with Gasteiger partial charge in [0.05, 0.1) is 0 Å². The van der Waals surface area contributed by atoms with Crippen molar-refractivity contribution in [3.8, 4) is 0 Å². The zero-order chi connectivity index (χ0) is 13.6. The van der Waals surface area contributed by atoms with E-state index < -0.39 is 0 Å². The molecule has 0 aliphatic carbocycles. The van der Waals surface area contributed by atoms with Crippen molar-refractivity contribution in [1.82, 2.24) is 9.80 Å². The molecule has 106 valence electrons. The maximum absolute atomic E-state index is 12.2. The third-order valence-electron chi connectivity index (χ3n) is 4.99. The lowest BCUT2D eigenvalue weighted by atomic mass is 9.76.